The number of nitrogens with zero attached hydrogens (tertiary/aromatic N) is 3. The minimum atomic E-state index is 0.00986. The lowest BCUT2D eigenvalue weighted by Crippen LogP contribution is -2.58. The van der Waals surface area contributed by atoms with E-state index in [1.54, 1.807) is 0 Å². The van der Waals surface area contributed by atoms with Crippen LogP contribution in [-0.2, 0) is 0 Å². The van der Waals surface area contributed by atoms with Gasteiger partial charge in [-0.25, -0.2) is 0 Å². The van der Waals surface area contributed by atoms with Gasteiger partial charge in [0.2, 0.25) is 0 Å². The average Bonchev–Trinajstić information content (AvgIpc) is 3.45. The maximum absolute atomic E-state index is 4.89. The predicted molar refractivity (Wildman–Crippen MR) is 145 cm³/mol. The van der Waals surface area contributed by atoms with Crippen molar-refractivity contribution in [2.75, 3.05) is 0 Å². The Labute approximate surface area is 206 Å². The van der Waals surface area contributed by atoms with Gasteiger partial charge in [0.25, 0.3) is 6.71 Å². The molecule has 6 nitrogen and oxygen atoms in total. The lowest BCUT2D eigenvalue weighted by Gasteiger charge is -2.24. The summed E-state index contributed by atoms with van der Waals surface area (Å²) in [5, 5.41) is 25.0. The average molecular weight is 465 g/mol. The second kappa shape index (κ2) is 10.1. The number of nitrogens with one attached hydrogen (secondary N) is 3. The van der Waals surface area contributed by atoms with Crippen molar-refractivity contribution in [2.24, 2.45) is 0 Å². The molecule has 0 aliphatic rings. The quantitative estimate of drug-likeness (QED) is 0.385. The van der Waals surface area contributed by atoms with Crippen molar-refractivity contribution in [3.8, 4) is 0 Å². The van der Waals surface area contributed by atoms with Gasteiger partial charge in [0.05, 0.1) is 17.1 Å². The van der Waals surface area contributed by atoms with Gasteiger partial charge in [-0.05, 0) is 51.9 Å². The van der Waals surface area contributed by atoms with Gasteiger partial charge in [0.1, 0.15) is 0 Å². The van der Waals surface area contributed by atoms with Crippen LogP contribution in [0.3, 0.4) is 0 Å². The lowest BCUT2D eigenvalue weighted by molar-refractivity contribution is 0.791. The fourth-order valence-corrected chi connectivity index (χ4v) is 5.12. The molecule has 0 radical (unpaired) electrons. The highest BCUT2D eigenvalue weighted by Crippen LogP contribution is 2.25. The van der Waals surface area contributed by atoms with Crippen LogP contribution in [0.2, 0.25) is 0 Å². The molecular weight excluding hydrogens is 419 g/mol. The zero-order valence-corrected chi connectivity index (χ0v) is 23.4. The van der Waals surface area contributed by atoms with Crippen LogP contribution in [0.5, 0.6) is 0 Å². The van der Waals surface area contributed by atoms with E-state index >= 15 is 0 Å². The van der Waals surface area contributed by atoms with E-state index in [2.05, 4.69) is 98.4 Å². The lowest BCUT2D eigenvalue weighted by atomic mass is 9.33. The largest absolute Gasteiger partial charge is 0.283 e. The Morgan fingerprint density at radius 1 is 0.412 bits per heavy atom. The molecule has 3 aromatic rings. The summed E-state index contributed by atoms with van der Waals surface area (Å²) >= 11 is 0. The van der Waals surface area contributed by atoms with E-state index in [9.17, 15) is 0 Å². The molecule has 0 unspecified atom stereocenters. The van der Waals surface area contributed by atoms with Crippen molar-refractivity contribution in [3.63, 3.8) is 0 Å². The van der Waals surface area contributed by atoms with Gasteiger partial charge in [-0.2, -0.15) is 15.3 Å². The zero-order chi connectivity index (χ0) is 25.5. The highest BCUT2D eigenvalue weighted by Gasteiger charge is 2.40. The molecule has 0 atom stereocenters. The van der Waals surface area contributed by atoms with E-state index < -0.39 is 0 Å². The number of aromatic amines is 3. The Balaban J connectivity index is 2.55. The van der Waals surface area contributed by atoms with Gasteiger partial charge < -0.3 is 0 Å². The summed E-state index contributed by atoms with van der Waals surface area (Å²) in [4.78, 5) is 0. The van der Waals surface area contributed by atoms with E-state index in [-0.39, 0.29) is 6.71 Å². The van der Waals surface area contributed by atoms with Crippen LogP contribution in [0, 0.1) is 0 Å². The maximum Gasteiger partial charge on any atom is 0.255 e. The van der Waals surface area contributed by atoms with Gasteiger partial charge >= 0.3 is 0 Å². The van der Waals surface area contributed by atoms with Crippen molar-refractivity contribution in [1.82, 2.24) is 30.6 Å². The third kappa shape index (κ3) is 4.63. The minimum Gasteiger partial charge on any atom is -0.283 e. The van der Waals surface area contributed by atoms with E-state index in [1.807, 2.05) is 0 Å². The molecule has 3 heterocycles. The second-order valence-electron chi connectivity index (χ2n) is 11.7. The molecular formula is C27H45BN6. The topological polar surface area (TPSA) is 86.0 Å². The summed E-state index contributed by atoms with van der Waals surface area (Å²) < 4.78 is 0. The Bertz CT molecular complexity index is 882. The van der Waals surface area contributed by atoms with E-state index in [1.165, 1.54) is 33.5 Å². The standard InChI is InChI=1S/C27H45BN6/c1-13(2)22-19(23(14(3)4)30-29-22)28(20-24(15(5)6)31-32-25(20)16(7)8)21-26(17(9)10)33-34-27(21)18(11)12/h13-18H,1-12H3,(H,29,30)(H,31,32)(H,33,34). The first-order chi connectivity index (χ1) is 15.9. The van der Waals surface area contributed by atoms with Crippen molar-refractivity contribution >= 4 is 23.1 Å². The van der Waals surface area contributed by atoms with Crippen LogP contribution in [0.1, 0.15) is 153 Å². The first kappa shape index (κ1) is 26.3. The SMILES string of the molecule is CC(C)c1n[nH]c(C(C)C)c1B(c1c(C(C)C)n[nH]c1C(C)C)c1c(C(C)C)n[nH]c1C(C)C. The maximum atomic E-state index is 4.89. The Morgan fingerprint density at radius 3 is 0.824 bits per heavy atom. The molecule has 3 rings (SSSR count). The van der Waals surface area contributed by atoms with Gasteiger partial charge in [0.15, 0.2) is 0 Å². The van der Waals surface area contributed by atoms with Gasteiger partial charge in [-0.3, -0.25) is 15.3 Å². The second-order valence-corrected chi connectivity index (χ2v) is 11.7. The number of hydrogen-bond acceptors (Lipinski definition) is 3. The van der Waals surface area contributed by atoms with Crippen molar-refractivity contribution < 1.29 is 0 Å². The van der Waals surface area contributed by atoms with Crippen molar-refractivity contribution in [1.29, 1.82) is 0 Å². The molecule has 34 heavy (non-hydrogen) atoms. The van der Waals surface area contributed by atoms with Crippen LogP contribution < -0.4 is 16.4 Å². The molecule has 3 aromatic heterocycles. The molecule has 0 aromatic carbocycles. The summed E-state index contributed by atoms with van der Waals surface area (Å²) in [5.41, 5.74) is 11.0. The highest BCUT2D eigenvalue weighted by atomic mass is 15.1. The zero-order valence-electron chi connectivity index (χ0n) is 23.4. The third-order valence-electron chi connectivity index (χ3n) is 6.83. The number of hydrogen-bond donors (Lipinski definition) is 3. The molecule has 0 fully saturated rings. The third-order valence-corrected chi connectivity index (χ3v) is 6.83. The fraction of sp³-hybridized carbons (Fsp3) is 0.667. The molecule has 0 aliphatic heterocycles. The van der Waals surface area contributed by atoms with E-state index in [0.29, 0.717) is 35.5 Å². The normalized spacial score (nSPS) is 12.5. The van der Waals surface area contributed by atoms with E-state index in [0.717, 1.165) is 17.1 Å². The van der Waals surface area contributed by atoms with Gasteiger partial charge in [0, 0.05) is 17.1 Å². The van der Waals surface area contributed by atoms with Crippen molar-refractivity contribution in [3.05, 3.63) is 34.2 Å². The smallest absolute Gasteiger partial charge is 0.255 e. The van der Waals surface area contributed by atoms with Crippen molar-refractivity contribution in [2.45, 2.75) is 119 Å². The predicted octanol–water partition coefficient (Wildman–Crippen LogP) is 5.11. The Morgan fingerprint density at radius 2 is 0.647 bits per heavy atom. The summed E-state index contributed by atoms with van der Waals surface area (Å²) in [6.07, 6.45) is 0. The van der Waals surface area contributed by atoms with Gasteiger partial charge in [-0.15, -0.1) is 0 Å². The van der Waals surface area contributed by atoms with Crippen LogP contribution >= 0.6 is 0 Å². The molecule has 0 bridgehead atoms. The molecule has 0 amide bonds. The van der Waals surface area contributed by atoms with Crippen LogP contribution in [-0.4, -0.2) is 37.3 Å². The molecule has 0 spiro atoms. The number of aromatic nitrogens is 6. The Hall–Kier alpha value is -2.31. The highest BCUT2D eigenvalue weighted by molar-refractivity contribution is 6.97. The number of H-pyrrole nitrogens is 3. The van der Waals surface area contributed by atoms with Crippen LogP contribution in [0.4, 0.5) is 0 Å². The molecule has 0 saturated heterocycles. The fourth-order valence-electron chi connectivity index (χ4n) is 5.12. The monoisotopic (exact) mass is 464 g/mol. The molecule has 3 N–H and O–H groups in total. The Kier molecular flexibility index (Phi) is 7.84. The minimum absolute atomic E-state index is 0.00986. The molecule has 7 heteroatoms. The molecule has 0 aliphatic carbocycles. The van der Waals surface area contributed by atoms with Crippen LogP contribution in [0.15, 0.2) is 0 Å². The number of rotatable bonds is 9. The summed E-state index contributed by atoms with van der Waals surface area (Å²) in [5.74, 6) is 1.88. The molecule has 186 valence electrons. The summed E-state index contributed by atoms with van der Waals surface area (Å²) in [7, 11) is 0. The van der Waals surface area contributed by atoms with Gasteiger partial charge in [-0.1, -0.05) is 83.1 Å². The summed E-state index contributed by atoms with van der Waals surface area (Å²) in [6, 6.07) is 0. The van der Waals surface area contributed by atoms with Crippen LogP contribution in [0.25, 0.3) is 0 Å². The summed E-state index contributed by atoms with van der Waals surface area (Å²) in [6.45, 7) is 27.0. The first-order valence-electron chi connectivity index (χ1n) is 13.1. The molecule has 0 saturated carbocycles. The van der Waals surface area contributed by atoms with E-state index in [4.69, 9.17) is 15.3 Å². The first-order valence-corrected chi connectivity index (χ1v) is 13.1.